The van der Waals surface area contributed by atoms with E-state index < -0.39 is 16.0 Å². The average Bonchev–Trinajstić information content (AvgIpc) is 3.02. The fraction of sp³-hybridized carbons (Fsp3) is 0.556. The molecule has 2 heterocycles. The van der Waals surface area contributed by atoms with Crippen molar-refractivity contribution in [2.45, 2.75) is 42.8 Å². The maximum absolute atomic E-state index is 12.9. The predicted molar refractivity (Wildman–Crippen MR) is 103 cm³/mol. The molecule has 10 nitrogen and oxygen atoms in total. The Bertz CT molecular complexity index is 829. The number of ether oxygens (including phenoxy) is 2. The highest BCUT2D eigenvalue weighted by Gasteiger charge is 2.38. The van der Waals surface area contributed by atoms with Gasteiger partial charge in [-0.05, 0) is 31.0 Å². The number of hydrogen-bond acceptors (Lipinski definition) is 7. The first-order chi connectivity index (χ1) is 13.7. The van der Waals surface area contributed by atoms with Gasteiger partial charge in [-0.25, -0.2) is 13.1 Å². The highest BCUT2D eigenvalue weighted by atomic mass is 32.2. The maximum Gasteiger partial charge on any atom is 0.307 e. The molecule has 1 aromatic rings. The summed E-state index contributed by atoms with van der Waals surface area (Å²) < 4.78 is 39.3. The van der Waals surface area contributed by atoms with Crippen molar-refractivity contribution < 1.29 is 37.7 Å². The third-order valence-electron chi connectivity index (χ3n) is 4.79. The molecule has 162 valence electrons. The molecule has 3 rings (SSSR count). The van der Waals surface area contributed by atoms with Gasteiger partial charge in [-0.3, -0.25) is 14.5 Å². The lowest BCUT2D eigenvalue weighted by Gasteiger charge is -2.33. The van der Waals surface area contributed by atoms with Crippen molar-refractivity contribution in [1.82, 2.24) is 9.62 Å². The van der Waals surface area contributed by atoms with Gasteiger partial charge in [-0.2, -0.15) is 0 Å². The van der Waals surface area contributed by atoms with Gasteiger partial charge in [-0.15, -0.1) is 0 Å². The fourth-order valence-corrected chi connectivity index (χ4v) is 5.08. The number of hydrogen-bond donors (Lipinski definition) is 3. The van der Waals surface area contributed by atoms with Crippen LogP contribution in [-0.4, -0.2) is 81.0 Å². The van der Waals surface area contributed by atoms with Crippen LogP contribution in [0, 0.1) is 0 Å². The van der Waals surface area contributed by atoms with Crippen molar-refractivity contribution in [3.8, 4) is 5.75 Å². The van der Waals surface area contributed by atoms with Crippen LogP contribution in [0.3, 0.4) is 0 Å². The van der Waals surface area contributed by atoms with Gasteiger partial charge in [-0.1, -0.05) is 6.07 Å². The van der Waals surface area contributed by atoms with Gasteiger partial charge in [0.2, 0.25) is 10.0 Å². The van der Waals surface area contributed by atoms with Crippen LogP contribution in [0.2, 0.25) is 0 Å². The number of benzene rings is 1. The van der Waals surface area contributed by atoms with Crippen molar-refractivity contribution in [3.05, 3.63) is 23.8 Å². The molecule has 0 amide bonds. The molecule has 29 heavy (non-hydrogen) atoms. The second-order valence-electron chi connectivity index (χ2n) is 6.97. The van der Waals surface area contributed by atoms with Crippen LogP contribution in [0.4, 0.5) is 0 Å². The highest BCUT2D eigenvalue weighted by Crippen LogP contribution is 2.28. The largest absolute Gasteiger partial charge is 0.495 e. The molecular weight excluding hydrogens is 404 g/mol. The average molecular weight is 430 g/mol. The van der Waals surface area contributed by atoms with Crippen LogP contribution in [-0.2, 0) is 30.8 Å². The zero-order valence-corrected chi connectivity index (χ0v) is 17.1. The molecule has 3 N–H and O–H groups in total. The Morgan fingerprint density at radius 3 is 2.72 bits per heavy atom. The number of nitrogens with zero attached hydrogens (tertiary/aromatic N) is 1. The van der Waals surface area contributed by atoms with E-state index in [0.29, 0.717) is 25.1 Å². The lowest BCUT2D eigenvalue weighted by atomic mass is 10.1. The van der Waals surface area contributed by atoms with E-state index in [1.807, 2.05) is 6.92 Å². The number of sulfonamides is 1. The summed E-state index contributed by atoms with van der Waals surface area (Å²) in [5, 5.41) is 15.8. The van der Waals surface area contributed by atoms with E-state index in [1.54, 1.807) is 6.07 Å². The van der Waals surface area contributed by atoms with Gasteiger partial charge in [0.25, 0.3) is 6.47 Å². The molecule has 0 unspecified atom stereocenters. The van der Waals surface area contributed by atoms with Gasteiger partial charge in [0, 0.05) is 25.2 Å². The minimum absolute atomic E-state index is 0.0340. The SMILES string of the molecule is COc1ccc(CC(=O)O)cc1S(=O)(=O)N[C@@H]1C[C@H]2CO[C@H](C)CN2C1.O=CO. The second-order valence-corrected chi connectivity index (χ2v) is 8.65. The summed E-state index contributed by atoms with van der Waals surface area (Å²) in [6, 6.07) is 4.41. The first-order valence-corrected chi connectivity index (χ1v) is 10.5. The van der Waals surface area contributed by atoms with E-state index in [-0.39, 0.29) is 41.7 Å². The van der Waals surface area contributed by atoms with E-state index in [4.69, 9.17) is 24.5 Å². The van der Waals surface area contributed by atoms with E-state index in [1.165, 1.54) is 19.2 Å². The van der Waals surface area contributed by atoms with Crippen LogP contribution >= 0.6 is 0 Å². The van der Waals surface area contributed by atoms with E-state index in [9.17, 15) is 13.2 Å². The molecule has 2 aliphatic rings. The van der Waals surface area contributed by atoms with Gasteiger partial charge in [0.1, 0.15) is 10.6 Å². The Balaban J connectivity index is 0.000000941. The predicted octanol–water partition coefficient (Wildman–Crippen LogP) is 0.163. The minimum atomic E-state index is -3.84. The summed E-state index contributed by atoms with van der Waals surface area (Å²) in [7, 11) is -2.45. The molecule has 3 atom stereocenters. The molecule has 11 heteroatoms. The first-order valence-electron chi connectivity index (χ1n) is 9.04. The van der Waals surface area contributed by atoms with Gasteiger partial charge < -0.3 is 19.7 Å². The lowest BCUT2D eigenvalue weighted by Crippen LogP contribution is -2.45. The molecule has 0 radical (unpaired) electrons. The molecule has 1 aromatic carbocycles. The van der Waals surface area contributed by atoms with Crippen molar-refractivity contribution in [2.24, 2.45) is 0 Å². The molecule has 0 bridgehead atoms. The number of aliphatic carboxylic acids is 1. The van der Waals surface area contributed by atoms with E-state index in [0.717, 1.165) is 6.54 Å². The highest BCUT2D eigenvalue weighted by molar-refractivity contribution is 7.89. The first kappa shape index (κ1) is 23.1. The fourth-order valence-electron chi connectivity index (χ4n) is 3.62. The normalized spacial score (nSPS) is 24.1. The minimum Gasteiger partial charge on any atom is -0.495 e. The Labute approximate surface area is 169 Å². The number of nitrogens with one attached hydrogen (secondary N) is 1. The van der Waals surface area contributed by atoms with Crippen molar-refractivity contribution in [2.75, 3.05) is 26.8 Å². The third-order valence-corrected chi connectivity index (χ3v) is 6.33. The monoisotopic (exact) mass is 430 g/mol. The number of carboxylic acids is 1. The number of rotatable bonds is 6. The molecule has 2 saturated heterocycles. The summed E-state index contributed by atoms with van der Waals surface area (Å²) in [6.07, 6.45) is 0.582. The number of fused-ring (bicyclic) bond motifs is 1. The number of morpholine rings is 1. The quantitative estimate of drug-likeness (QED) is 0.538. The summed E-state index contributed by atoms with van der Waals surface area (Å²) in [5.74, 6) is -0.826. The zero-order chi connectivity index (χ0) is 21.6. The topological polar surface area (TPSA) is 142 Å². The Morgan fingerprint density at radius 1 is 1.41 bits per heavy atom. The Hall–Kier alpha value is -2.21. The molecule has 2 fully saturated rings. The molecule has 2 aliphatic heterocycles. The van der Waals surface area contributed by atoms with Gasteiger partial charge in [0.15, 0.2) is 0 Å². The van der Waals surface area contributed by atoms with Crippen LogP contribution < -0.4 is 9.46 Å². The molecule has 0 saturated carbocycles. The molecular formula is C18H26N2O8S. The third kappa shape index (κ3) is 6.13. The summed E-state index contributed by atoms with van der Waals surface area (Å²) >= 11 is 0. The van der Waals surface area contributed by atoms with Crippen LogP contribution in [0.5, 0.6) is 5.75 Å². The smallest absolute Gasteiger partial charge is 0.307 e. The van der Waals surface area contributed by atoms with Crippen LogP contribution in [0.1, 0.15) is 18.9 Å². The van der Waals surface area contributed by atoms with Gasteiger partial charge >= 0.3 is 5.97 Å². The standard InChI is InChI=1S/C17H24N2O6S.CH2O2/c1-11-8-19-9-13(7-14(19)10-25-11)18-26(22,23)16-5-12(6-17(20)21)3-4-15(16)24-2;2-1-3/h3-5,11,13-14,18H,6-10H2,1-2H3,(H,20,21);1H,(H,2,3)/t11-,13-,14+;/m1./s1. The Morgan fingerprint density at radius 2 is 2.10 bits per heavy atom. The van der Waals surface area contributed by atoms with Crippen molar-refractivity contribution >= 4 is 22.5 Å². The number of carboxylic acid groups (broad SMARTS) is 2. The molecule has 0 aliphatic carbocycles. The summed E-state index contributed by atoms with van der Waals surface area (Å²) in [6.45, 7) is 3.79. The lowest BCUT2D eigenvalue weighted by molar-refractivity contribution is -0.136. The summed E-state index contributed by atoms with van der Waals surface area (Å²) in [4.78, 5) is 21.5. The van der Waals surface area contributed by atoms with Gasteiger partial charge in [0.05, 0.1) is 26.2 Å². The maximum atomic E-state index is 12.9. The number of methoxy groups -OCH3 is 1. The second kappa shape index (κ2) is 10.0. The number of carbonyl (C=O) groups is 2. The van der Waals surface area contributed by atoms with Crippen LogP contribution in [0.25, 0.3) is 0 Å². The Kier molecular flexibility index (Phi) is 7.96. The van der Waals surface area contributed by atoms with E-state index >= 15 is 0 Å². The van der Waals surface area contributed by atoms with Crippen LogP contribution in [0.15, 0.2) is 23.1 Å². The molecule has 0 spiro atoms. The zero-order valence-electron chi connectivity index (χ0n) is 16.3. The summed E-state index contributed by atoms with van der Waals surface area (Å²) in [5.41, 5.74) is 0.407. The molecule has 0 aromatic heterocycles. The van der Waals surface area contributed by atoms with Crippen molar-refractivity contribution in [3.63, 3.8) is 0 Å². The van der Waals surface area contributed by atoms with Crippen molar-refractivity contribution in [1.29, 1.82) is 0 Å². The van der Waals surface area contributed by atoms with E-state index in [2.05, 4.69) is 9.62 Å².